The molecule has 2 aliphatic heterocycles. The van der Waals surface area contributed by atoms with Gasteiger partial charge in [0.1, 0.15) is 17.7 Å². The Balaban J connectivity index is 1.58. The third-order valence-corrected chi connectivity index (χ3v) is 8.57. The molecule has 0 saturated carbocycles. The molecular weight excluding hydrogens is 575 g/mol. The Hall–Kier alpha value is -4.07. The molecule has 42 heavy (non-hydrogen) atoms. The van der Waals surface area contributed by atoms with Crippen molar-refractivity contribution in [3.8, 4) is 5.75 Å². The Bertz CT molecular complexity index is 1480. The number of nitrogens with two attached hydrogens (primary N) is 1. The molecule has 0 radical (unpaired) electrons. The summed E-state index contributed by atoms with van der Waals surface area (Å²) in [5.41, 5.74) is 4.97. The third kappa shape index (κ3) is 7.81. The normalized spacial score (nSPS) is 16.5. The second-order valence-electron chi connectivity index (χ2n) is 10.0. The summed E-state index contributed by atoms with van der Waals surface area (Å²) in [7, 11) is -4.56. The van der Waals surface area contributed by atoms with Crippen LogP contribution in [0.5, 0.6) is 5.75 Å². The standard InChI is InChI=1S/C28H32F3N5O5S/c29-28(30,31)23-17-21(8-9-24(23)41-22-10-14-35(15-11-22)25-7-2-12-34-25)36(42(39,40)18-26(37)38)13-3-5-19-4-1-6-20(16-19)27(32)33/h1,3-6,8-9,16-17,22H,2,7,10-15,18H2,(H3,32,33)(H,37,38). The number of aliphatic imine (C=N–C) groups is 1. The van der Waals surface area contributed by atoms with Gasteiger partial charge in [-0.2, -0.15) is 13.2 Å². The van der Waals surface area contributed by atoms with Crippen molar-refractivity contribution in [1.82, 2.24) is 4.90 Å². The van der Waals surface area contributed by atoms with E-state index in [1.807, 2.05) is 0 Å². The molecule has 14 heteroatoms. The number of carboxylic acids is 1. The lowest BCUT2D eigenvalue weighted by Gasteiger charge is -2.34. The van der Waals surface area contributed by atoms with Crippen molar-refractivity contribution in [3.63, 3.8) is 0 Å². The average Bonchev–Trinajstić information content (AvgIpc) is 3.46. The van der Waals surface area contributed by atoms with Gasteiger partial charge in [-0.15, -0.1) is 0 Å². The minimum absolute atomic E-state index is 0.174. The predicted molar refractivity (Wildman–Crippen MR) is 153 cm³/mol. The van der Waals surface area contributed by atoms with Crippen molar-refractivity contribution < 1.29 is 36.2 Å². The number of nitrogens with zero attached hydrogens (tertiary/aromatic N) is 3. The molecule has 0 aliphatic carbocycles. The molecule has 2 heterocycles. The zero-order chi connectivity index (χ0) is 30.5. The zero-order valence-electron chi connectivity index (χ0n) is 22.7. The quantitative estimate of drug-likeness (QED) is 0.273. The number of benzene rings is 2. The van der Waals surface area contributed by atoms with E-state index in [1.165, 1.54) is 18.2 Å². The molecule has 10 nitrogen and oxygen atoms in total. The summed E-state index contributed by atoms with van der Waals surface area (Å²) in [6.45, 7) is 1.58. The molecule has 0 bridgehead atoms. The molecule has 0 amide bonds. The van der Waals surface area contributed by atoms with Crippen molar-refractivity contribution in [1.29, 1.82) is 5.41 Å². The molecule has 0 unspecified atom stereocenters. The van der Waals surface area contributed by atoms with Crippen molar-refractivity contribution in [3.05, 3.63) is 65.2 Å². The SMILES string of the molecule is N=C(N)c1cccc(C=CCN(c2ccc(OC3CCN(C4=NCCC4)CC3)c(C(F)(F)F)c2)S(=O)(=O)CC(=O)O)c1. The molecule has 0 atom stereocenters. The van der Waals surface area contributed by atoms with Crippen LogP contribution in [0, 0.1) is 5.41 Å². The summed E-state index contributed by atoms with van der Waals surface area (Å²) < 4.78 is 74.9. The van der Waals surface area contributed by atoms with Gasteiger partial charge in [0, 0.05) is 44.5 Å². The molecule has 226 valence electrons. The molecule has 2 aromatic rings. The molecule has 0 spiro atoms. The fourth-order valence-corrected chi connectivity index (χ4v) is 6.11. The number of nitrogens with one attached hydrogen (secondary N) is 1. The van der Waals surface area contributed by atoms with Crippen LogP contribution in [0.2, 0.25) is 0 Å². The van der Waals surface area contributed by atoms with E-state index in [1.54, 1.807) is 24.3 Å². The monoisotopic (exact) mass is 607 g/mol. The number of carbonyl (C=O) groups is 1. The highest BCUT2D eigenvalue weighted by molar-refractivity contribution is 7.93. The maximum atomic E-state index is 14.2. The number of hydrogen-bond donors (Lipinski definition) is 3. The summed E-state index contributed by atoms with van der Waals surface area (Å²) in [5.74, 6) is -2.53. The summed E-state index contributed by atoms with van der Waals surface area (Å²) in [4.78, 5) is 17.9. The number of anilines is 1. The van der Waals surface area contributed by atoms with Gasteiger partial charge in [-0.3, -0.25) is 19.5 Å². The third-order valence-electron chi connectivity index (χ3n) is 6.93. The van der Waals surface area contributed by atoms with Crippen LogP contribution in [0.15, 0.2) is 53.5 Å². The molecule has 4 N–H and O–H groups in total. The van der Waals surface area contributed by atoms with E-state index in [0.717, 1.165) is 31.3 Å². The Morgan fingerprint density at radius 1 is 1.21 bits per heavy atom. The number of ether oxygens (including phenoxy) is 1. The summed E-state index contributed by atoms with van der Waals surface area (Å²) in [6, 6.07) is 9.41. The fraction of sp³-hybridized carbons (Fsp3) is 0.393. The van der Waals surface area contributed by atoms with Crippen LogP contribution >= 0.6 is 0 Å². The van der Waals surface area contributed by atoms with Gasteiger partial charge in [-0.25, -0.2) is 8.42 Å². The Labute approximate surface area is 241 Å². The number of nitrogen functional groups attached to an aromatic ring is 1. The minimum Gasteiger partial charge on any atom is -0.490 e. The van der Waals surface area contributed by atoms with Crippen LogP contribution in [-0.2, 0) is 21.0 Å². The van der Waals surface area contributed by atoms with E-state index in [0.29, 0.717) is 47.4 Å². The van der Waals surface area contributed by atoms with Gasteiger partial charge in [0.05, 0.1) is 23.6 Å². The number of alkyl halides is 3. The van der Waals surface area contributed by atoms with E-state index >= 15 is 0 Å². The largest absolute Gasteiger partial charge is 0.490 e. The summed E-state index contributed by atoms with van der Waals surface area (Å²) in [6.07, 6.45) is 0.452. The highest BCUT2D eigenvalue weighted by Crippen LogP contribution is 2.40. The van der Waals surface area contributed by atoms with E-state index in [9.17, 15) is 26.4 Å². The van der Waals surface area contributed by atoms with Gasteiger partial charge in [0.2, 0.25) is 10.0 Å². The van der Waals surface area contributed by atoms with Crippen molar-refractivity contribution in [2.45, 2.75) is 38.0 Å². The van der Waals surface area contributed by atoms with Crippen LogP contribution in [0.1, 0.15) is 42.4 Å². The number of amidine groups is 2. The maximum Gasteiger partial charge on any atom is 0.420 e. The molecule has 1 saturated heterocycles. The number of piperidine rings is 1. The van der Waals surface area contributed by atoms with Gasteiger partial charge < -0.3 is 20.5 Å². The predicted octanol–water partition coefficient (Wildman–Crippen LogP) is 3.96. The highest BCUT2D eigenvalue weighted by atomic mass is 32.2. The van der Waals surface area contributed by atoms with Crippen molar-refractivity contribution in [2.24, 2.45) is 10.7 Å². The smallest absolute Gasteiger partial charge is 0.420 e. The highest BCUT2D eigenvalue weighted by Gasteiger charge is 2.37. The molecule has 1 fully saturated rings. The van der Waals surface area contributed by atoms with Crippen LogP contribution in [0.25, 0.3) is 6.08 Å². The first-order chi connectivity index (χ1) is 19.8. The number of carboxylic acid groups (broad SMARTS) is 1. The van der Waals surface area contributed by atoms with E-state index < -0.39 is 51.9 Å². The lowest BCUT2D eigenvalue weighted by atomic mass is 10.1. The van der Waals surface area contributed by atoms with E-state index in [-0.39, 0.29) is 11.5 Å². The minimum atomic E-state index is -4.87. The first-order valence-corrected chi connectivity index (χ1v) is 14.9. The molecule has 2 aromatic carbocycles. The second-order valence-corrected chi connectivity index (χ2v) is 11.9. The molecule has 2 aliphatic rings. The van der Waals surface area contributed by atoms with E-state index in [2.05, 4.69) is 9.89 Å². The van der Waals surface area contributed by atoms with E-state index in [4.69, 9.17) is 21.0 Å². The number of aliphatic carboxylic acids is 1. The second kappa shape index (κ2) is 12.8. The number of halogens is 3. The fourth-order valence-electron chi connectivity index (χ4n) is 4.90. The number of hydrogen-bond acceptors (Lipinski definition) is 7. The average molecular weight is 608 g/mol. The Morgan fingerprint density at radius 3 is 2.57 bits per heavy atom. The van der Waals surface area contributed by atoms with Crippen LogP contribution in [-0.4, -0.2) is 74.1 Å². The first-order valence-electron chi connectivity index (χ1n) is 13.3. The van der Waals surface area contributed by atoms with Gasteiger partial charge in [0.15, 0.2) is 5.75 Å². The lowest BCUT2D eigenvalue weighted by molar-refractivity contribution is -0.139. The topological polar surface area (TPSA) is 149 Å². The number of sulfonamides is 1. The summed E-state index contributed by atoms with van der Waals surface area (Å²) in [5, 5.41) is 16.7. The number of likely N-dealkylation sites (tertiary alicyclic amines) is 1. The van der Waals surface area contributed by atoms with Gasteiger partial charge in [-0.1, -0.05) is 30.4 Å². The molecular formula is C28H32F3N5O5S. The summed E-state index contributed by atoms with van der Waals surface area (Å²) >= 11 is 0. The van der Waals surface area contributed by atoms with Crippen LogP contribution in [0.3, 0.4) is 0 Å². The van der Waals surface area contributed by atoms with Crippen molar-refractivity contribution in [2.75, 3.05) is 36.2 Å². The Morgan fingerprint density at radius 2 is 1.95 bits per heavy atom. The molecule has 4 rings (SSSR count). The van der Waals surface area contributed by atoms with Crippen LogP contribution < -0.4 is 14.8 Å². The maximum absolute atomic E-state index is 14.2. The lowest BCUT2D eigenvalue weighted by Crippen LogP contribution is -2.41. The molecule has 0 aromatic heterocycles. The van der Waals surface area contributed by atoms with Crippen molar-refractivity contribution >= 4 is 39.4 Å². The Kier molecular flexibility index (Phi) is 9.44. The first kappa shape index (κ1) is 30.9. The number of rotatable bonds is 10. The van der Waals surface area contributed by atoms with Crippen LogP contribution in [0.4, 0.5) is 18.9 Å². The van der Waals surface area contributed by atoms with Gasteiger partial charge >= 0.3 is 12.1 Å². The van der Waals surface area contributed by atoms with Gasteiger partial charge in [-0.05, 0) is 36.2 Å². The zero-order valence-corrected chi connectivity index (χ0v) is 23.5. The van der Waals surface area contributed by atoms with Gasteiger partial charge in [0.25, 0.3) is 0 Å².